The number of piperidine rings is 1. The Morgan fingerprint density at radius 3 is 3.17 bits per heavy atom. The lowest BCUT2D eigenvalue weighted by molar-refractivity contribution is -0.131. The van der Waals surface area contributed by atoms with Gasteiger partial charge < -0.3 is 9.42 Å². The van der Waals surface area contributed by atoms with Gasteiger partial charge in [-0.2, -0.15) is 4.98 Å². The Hall–Kier alpha value is -2.22. The van der Waals surface area contributed by atoms with E-state index in [4.69, 9.17) is 4.52 Å². The predicted molar refractivity (Wildman–Crippen MR) is 89.0 cm³/mol. The van der Waals surface area contributed by atoms with Crippen molar-refractivity contribution >= 4 is 22.2 Å². The molecule has 0 saturated carbocycles. The van der Waals surface area contributed by atoms with E-state index in [0.717, 1.165) is 42.3 Å². The fraction of sp³-hybridized carbons (Fsp3) is 0.500. The van der Waals surface area contributed by atoms with Crippen LogP contribution in [0.2, 0.25) is 0 Å². The Morgan fingerprint density at radius 2 is 2.38 bits per heavy atom. The second kappa shape index (κ2) is 6.35. The van der Waals surface area contributed by atoms with E-state index >= 15 is 0 Å². The maximum Gasteiger partial charge on any atom is 0.228 e. The van der Waals surface area contributed by atoms with Gasteiger partial charge in [0.1, 0.15) is 0 Å². The molecule has 1 fully saturated rings. The van der Waals surface area contributed by atoms with Crippen LogP contribution in [0.4, 0.5) is 0 Å². The van der Waals surface area contributed by atoms with Crippen molar-refractivity contribution in [3.8, 4) is 0 Å². The number of carbonyl (C=O) groups excluding carboxylic acids is 1. The van der Waals surface area contributed by atoms with Crippen LogP contribution in [0.5, 0.6) is 0 Å². The van der Waals surface area contributed by atoms with Crippen molar-refractivity contribution in [2.45, 2.75) is 38.5 Å². The van der Waals surface area contributed by atoms with Crippen LogP contribution < -0.4 is 0 Å². The van der Waals surface area contributed by atoms with Gasteiger partial charge in [0.15, 0.2) is 10.8 Å². The van der Waals surface area contributed by atoms with E-state index in [1.165, 1.54) is 0 Å². The third-order valence-corrected chi connectivity index (χ3v) is 5.17. The molecule has 0 radical (unpaired) electrons. The van der Waals surface area contributed by atoms with Crippen molar-refractivity contribution < 1.29 is 9.32 Å². The molecule has 0 N–H and O–H groups in total. The highest BCUT2D eigenvalue weighted by Gasteiger charge is 2.28. The van der Waals surface area contributed by atoms with E-state index in [1.807, 2.05) is 34.0 Å². The number of rotatable bonds is 4. The molecular formula is C16H19N5O2S. The van der Waals surface area contributed by atoms with Gasteiger partial charge in [-0.05, 0) is 12.8 Å². The lowest BCUT2D eigenvalue weighted by Gasteiger charge is -2.31. The first-order valence-electron chi connectivity index (χ1n) is 8.24. The number of hydrogen-bond acceptors (Lipinski definition) is 6. The molecule has 7 nitrogen and oxygen atoms in total. The zero-order chi connectivity index (χ0) is 16.5. The number of aryl methyl sites for hydroxylation is 1. The quantitative estimate of drug-likeness (QED) is 0.725. The maximum atomic E-state index is 12.6. The van der Waals surface area contributed by atoms with Gasteiger partial charge in [-0.25, -0.2) is 4.98 Å². The number of hydrogen-bond donors (Lipinski definition) is 0. The smallest absolute Gasteiger partial charge is 0.228 e. The first kappa shape index (κ1) is 15.3. The van der Waals surface area contributed by atoms with E-state index < -0.39 is 0 Å². The minimum Gasteiger partial charge on any atom is -0.342 e. The molecule has 24 heavy (non-hydrogen) atoms. The van der Waals surface area contributed by atoms with Crippen LogP contribution in [0.15, 0.2) is 22.3 Å². The van der Waals surface area contributed by atoms with E-state index in [-0.39, 0.29) is 11.8 Å². The molecule has 0 aliphatic carbocycles. The number of aromatic nitrogens is 4. The lowest BCUT2D eigenvalue weighted by atomic mass is 9.97. The molecule has 1 aliphatic rings. The monoisotopic (exact) mass is 345 g/mol. The van der Waals surface area contributed by atoms with Crippen molar-refractivity contribution in [1.29, 1.82) is 0 Å². The summed E-state index contributed by atoms with van der Waals surface area (Å²) in [5, 5.41) is 6.06. The number of carbonyl (C=O) groups is 1. The molecule has 1 amide bonds. The Labute approximate surface area is 143 Å². The van der Waals surface area contributed by atoms with E-state index in [2.05, 4.69) is 15.1 Å². The number of likely N-dealkylation sites (tertiary alicyclic amines) is 1. The van der Waals surface area contributed by atoms with Crippen LogP contribution in [0, 0.1) is 0 Å². The molecule has 3 aromatic heterocycles. The van der Waals surface area contributed by atoms with Gasteiger partial charge in [0.25, 0.3) is 0 Å². The summed E-state index contributed by atoms with van der Waals surface area (Å²) in [5.74, 6) is 1.67. The molecule has 0 bridgehead atoms. The zero-order valence-corrected chi connectivity index (χ0v) is 14.3. The topological polar surface area (TPSA) is 76.5 Å². The van der Waals surface area contributed by atoms with E-state index in [0.29, 0.717) is 18.9 Å². The molecule has 4 rings (SSSR count). The summed E-state index contributed by atoms with van der Waals surface area (Å²) < 4.78 is 7.16. The summed E-state index contributed by atoms with van der Waals surface area (Å²) in [6.45, 7) is 3.43. The average molecular weight is 345 g/mol. The van der Waals surface area contributed by atoms with Crippen molar-refractivity contribution in [3.05, 3.63) is 35.2 Å². The largest absolute Gasteiger partial charge is 0.342 e. The fourth-order valence-corrected chi connectivity index (χ4v) is 3.84. The summed E-state index contributed by atoms with van der Waals surface area (Å²) in [6, 6.07) is 0. The van der Waals surface area contributed by atoms with Gasteiger partial charge in [-0.3, -0.25) is 9.20 Å². The predicted octanol–water partition coefficient (Wildman–Crippen LogP) is 2.29. The molecule has 0 spiro atoms. The number of imidazole rings is 1. The summed E-state index contributed by atoms with van der Waals surface area (Å²) in [7, 11) is 0. The number of nitrogens with zero attached hydrogens (tertiary/aromatic N) is 5. The van der Waals surface area contributed by atoms with Gasteiger partial charge >= 0.3 is 0 Å². The van der Waals surface area contributed by atoms with Gasteiger partial charge in [-0.1, -0.05) is 12.1 Å². The molecule has 3 aromatic rings. The first-order chi connectivity index (χ1) is 11.7. The molecule has 8 heteroatoms. The van der Waals surface area contributed by atoms with Crippen molar-refractivity contribution in [3.63, 3.8) is 0 Å². The molecule has 1 aliphatic heterocycles. The Morgan fingerprint density at radius 1 is 1.46 bits per heavy atom. The highest BCUT2D eigenvalue weighted by Crippen LogP contribution is 2.25. The molecule has 1 atom stereocenters. The Bertz CT molecular complexity index is 823. The third-order valence-electron chi connectivity index (χ3n) is 4.40. The van der Waals surface area contributed by atoms with Crippen molar-refractivity contribution in [1.82, 2.24) is 24.4 Å². The van der Waals surface area contributed by atoms with E-state index in [9.17, 15) is 4.79 Å². The SMILES string of the molecule is CCc1nc(C2CCCN(C(=O)Cc3cn4ccsc4n3)C2)no1. The Balaban J connectivity index is 1.43. The minimum atomic E-state index is 0.115. The molecular weight excluding hydrogens is 326 g/mol. The third kappa shape index (κ3) is 2.93. The van der Waals surface area contributed by atoms with Gasteiger partial charge in [-0.15, -0.1) is 11.3 Å². The van der Waals surface area contributed by atoms with E-state index in [1.54, 1.807) is 11.3 Å². The van der Waals surface area contributed by atoms with Gasteiger partial charge in [0, 0.05) is 43.2 Å². The van der Waals surface area contributed by atoms with Crippen LogP contribution in [0.25, 0.3) is 4.96 Å². The number of amides is 1. The summed E-state index contributed by atoms with van der Waals surface area (Å²) >= 11 is 1.57. The summed E-state index contributed by atoms with van der Waals surface area (Å²) in [5.41, 5.74) is 0.821. The average Bonchev–Trinajstić information content (AvgIpc) is 3.30. The van der Waals surface area contributed by atoms with Crippen molar-refractivity contribution in [2.24, 2.45) is 0 Å². The van der Waals surface area contributed by atoms with Crippen LogP contribution in [0.3, 0.4) is 0 Å². The van der Waals surface area contributed by atoms with Crippen LogP contribution >= 0.6 is 11.3 Å². The van der Waals surface area contributed by atoms with Gasteiger partial charge in [0.05, 0.1) is 12.1 Å². The second-order valence-corrected chi connectivity index (χ2v) is 6.95. The maximum absolute atomic E-state index is 12.6. The lowest BCUT2D eigenvalue weighted by Crippen LogP contribution is -2.40. The highest BCUT2D eigenvalue weighted by atomic mass is 32.1. The summed E-state index contributed by atoms with van der Waals surface area (Å²) in [4.78, 5) is 24.4. The molecule has 1 unspecified atom stereocenters. The molecule has 126 valence electrons. The number of fused-ring (bicyclic) bond motifs is 1. The normalized spacial score (nSPS) is 18.4. The van der Waals surface area contributed by atoms with Crippen molar-refractivity contribution in [2.75, 3.05) is 13.1 Å². The fourth-order valence-electron chi connectivity index (χ4n) is 3.12. The minimum absolute atomic E-state index is 0.115. The van der Waals surface area contributed by atoms with Crippen LogP contribution in [-0.2, 0) is 17.6 Å². The highest BCUT2D eigenvalue weighted by molar-refractivity contribution is 7.15. The van der Waals surface area contributed by atoms with Crippen LogP contribution in [-0.4, -0.2) is 43.4 Å². The van der Waals surface area contributed by atoms with Crippen LogP contribution in [0.1, 0.15) is 43.1 Å². The Kier molecular flexibility index (Phi) is 4.05. The first-order valence-corrected chi connectivity index (χ1v) is 9.12. The standard InChI is InChI=1S/C16H19N5O2S/c1-2-13-18-15(19-23-13)11-4-3-5-20(9-11)14(22)8-12-10-21-6-7-24-16(21)17-12/h6-7,10-11H,2-5,8-9H2,1H3. The number of thiazole rings is 1. The molecule has 0 aromatic carbocycles. The second-order valence-electron chi connectivity index (χ2n) is 6.08. The zero-order valence-electron chi connectivity index (χ0n) is 13.5. The van der Waals surface area contributed by atoms with Gasteiger partial charge in [0.2, 0.25) is 11.8 Å². The molecule has 4 heterocycles. The summed E-state index contributed by atoms with van der Waals surface area (Å²) in [6.07, 6.45) is 6.92. The molecule has 1 saturated heterocycles.